The molecule has 0 aliphatic rings. The number of ketones is 1. The van der Waals surface area contributed by atoms with Crippen molar-refractivity contribution in [2.45, 2.75) is 60.5 Å². The van der Waals surface area contributed by atoms with E-state index in [1.54, 1.807) is 18.7 Å². The fraction of sp³-hybridized carbons (Fsp3) is 0.588. The van der Waals surface area contributed by atoms with E-state index in [-0.39, 0.29) is 36.1 Å². The van der Waals surface area contributed by atoms with Gasteiger partial charge in [0, 0.05) is 23.3 Å². The second kappa shape index (κ2) is 7.44. The molecule has 1 heterocycles. The average molecular weight is 322 g/mol. The quantitative estimate of drug-likeness (QED) is 0.645. The van der Waals surface area contributed by atoms with Gasteiger partial charge in [0.15, 0.2) is 12.4 Å². The lowest BCUT2D eigenvalue weighted by Crippen LogP contribution is -2.44. The molecule has 6 nitrogen and oxygen atoms in total. The van der Waals surface area contributed by atoms with E-state index in [1.807, 2.05) is 27.7 Å². The van der Waals surface area contributed by atoms with Crippen LogP contribution in [-0.2, 0) is 9.53 Å². The maximum atomic E-state index is 12.2. The van der Waals surface area contributed by atoms with Crippen molar-refractivity contribution in [1.82, 2.24) is 9.88 Å². The van der Waals surface area contributed by atoms with Crippen LogP contribution >= 0.6 is 0 Å². The minimum Gasteiger partial charge on any atom is -0.451 e. The highest BCUT2D eigenvalue weighted by atomic mass is 16.5. The number of nitrogens with zero attached hydrogens (tertiary/aromatic N) is 1. The molecular weight excluding hydrogens is 296 g/mol. The van der Waals surface area contributed by atoms with E-state index >= 15 is 0 Å². The molecule has 0 bridgehead atoms. The third kappa shape index (κ3) is 4.21. The summed E-state index contributed by atoms with van der Waals surface area (Å²) in [7, 11) is 0. The molecule has 0 atom stereocenters. The third-order valence-electron chi connectivity index (χ3n) is 3.72. The lowest BCUT2D eigenvalue weighted by Gasteiger charge is -2.30. The van der Waals surface area contributed by atoms with Crippen molar-refractivity contribution < 1.29 is 19.1 Å². The molecule has 1 aromatic rings. The Bertz CT molecular complexity index is 606. The number of hydrogen-bond donors (Lipinski definition) is 1. The van der Waals surface area contributed by atoms with Crippen LogP contribution in [0.3, 0.4) is 0 Å². The van der Waals surface area contributed by atoms with Crippen LogP contribution in [0.2, 0.25) is 0 Å². The number of hydrogen-bond acceptors (Lipinski definition) is 4. The maximum Gasteiger partial charge on any atom is 0.355 e. The Kier molecular flexibility index (Phi) is 6.12. The van der Waals surface area contributed by atoms with Gasteiger partial charge in [0.2, 0.25) is 0 Å². The van der Waals surface area contributed by atoms with Crippen LogP contribution in [0.4, 0.5) is 0 Å². The lowest BCUT2D eigenvalue weighted by molar-refractivity contribution is -0.138. The number of aromatic nitrogens is 1. The zero-order valence-corrected chi connectivity index (χ0v) is 14.9. The normalized spacial score (nSPS) is 11.0. The number of carbonyl (C=O) groups is 3. The molecule has 1 amide bonds. The highest BCUT2D eigenvalue weighted by Crippen LogP contribution is 2.19. The van der Waals surface area contributed by atoms with E-state index in [0.717, 1.165) is 0 Å². The molecular formula is C17H26N2O4. The number of esters is 1. The monoisotopic (exact) mass is 322 g/mol. The van der Waals surface area contributed by atoms with Gasteiger partial charge in [-0.2, -0.15) is 0 Å². The zero-order chi connectivity index (χ0) is 17.9. The minimum atomic E-state index is -0.626. The Morgan fingerprint density at radius 3 is 2.00 bits per heavy atom. The van der Waals surface area contributed by atoms with Crippen LogP contribution in [0.15, 0.2) is 0 Å². The van der Waals surface area contributed by atoms with Crippen molar-refractivity contribution in [1.29, 1.82) is 0 Å². The van der Waals surface area contributed by atoms with Crippen molar-refractivity contribution >= 4 is 17.7 Å². The van der Waals surface area contributed by atoms with E-state index in [9.17, 15) is 14.4 Å². The molecule has 0 saturated heterocycles. The average Bonchev–Trinajstić information content (AvgIpc) is 2.70. The number of amides is 1. The molecule has 6 heteroatoms. The summed E-state index contributed by atoms with van der Waals surface area (Å²) in [5.41, 5.74) is 1.90. The van der Waals surface area contributed by atoms with Crippen LogP contribution < -0.4 is 0 Å². The first-order valence-corrected chi connectivity index (χ1v) is 7.76. The number of aryl methyl sites for hydroxylation is 1. The molecule has 0 radical (unpaired) electrons. The highest BCUT2D eigenvalue weighted by molar-refractivity contribution is 6.01. The number of H-pyrrole nitrogens is 1. The summed E-state index contributed by atoms with van der Waals surface area (Å²) in [5, 5.41) is 0. The molecule has 0 aliphatic heterocycles. The summed E-state index contributed by atoms with van der Waals surface area (Å²) in [6.45, 7) is 12.2. The Balaban J connectivity index is 2.84. The van der Waals surface area contributed by atoms with E-state index in [2.05, 4.69) is 4.98 Å². The van der Waals surface area contributed by atoms with Gasteiger partial charge in [0.1, 0.15) is 5.69 Å². The first-order chi connectivity index (χ1) is 10.6. The van der Waals surface area contributed by atoms with E-state index in [1.165, 1.54) is 6.92 Å². The Labute approximate surface area is 137 Å². The zero-order valence-electron chi connectivity index (χ0n) is 14.9. The Morgan fingerprint density at radius 2 is 1.61 bits per heavy atom. The SMILES string of the molecule is CC(=O)c1c(C)[nH]c(C(=O)OCC(=O)N(C(C)C)C(C)C)c1C. The van der Waals surface area contributed by atoms with Crippen LogP contribution in [-0.4, -0.2) is 46.2 Å². The minimum absolute atomic E-state index is 0.0278. The number of aromatic amines is 1. The number of carbonyl (C=O) groups excluding carboxylic acids is 3. The fourth-order valence-corrected chi connectivity index (χ4v) is 2.93. The van der Waals surface area contributed by atoms with Crippen LogP contribution in [0, 0.1) is 13.8 Å². The molecule has 0 aromatic carbocycles. The third-order valence-corrected chi connectivity index (χ3v) is 3.72. The van der Waals surface area contributed by atoms with Crippen molar-refractivity contribution in [3.63, 3.8) is 0 Å². The molecule has 1 aromatic heterocycles. The molecule has 23 heavy (non-hydrogen) atoms. The smallest absolute Gasteiger partial charge is 0.355 e. The summed E-state index contributed by atoms with van der Waals surface area (Å²) in [6, 6.07) is 0.0555. The molecule has 1 N–H and O–H groups in total. The van der Waals surface area contributed by atoms with Gasteiger partial charge >= 0.3 is 5.97 Å². The highest BCUT2D eigenvalue weighted by Gasteiger charge is 2.24. The summed E-state index contributed by atoms with van der Waals surface area (Å²) in [4.78, 5) is 40.5. The van der Waals surface area contributed by atoms with Gasteiger partial charge in [-0.1, -0.05) is 0 Å². The summed E-state index contributed by atoms with van der Waals surface area (Å²) < 4.78 is 5.13. The fourth-order valence-electron chi connectivity index (χ4n) is 2.93. The summed E-state index contributed by atoms with van der Waals surface area (Å²) in [6.07, 6.45) is 0. The first-order valence-electron chi connectivity index (χ1n) is 7.76. The predicted octanol–water partition coefficient (Wildman–Crippen LogP) is 2.64. The molecule has 0 fully saturated rings. The molecule has 0 spiro atoms. The van der Waals surface area contributed by atoms with Crippen LogP contribution in [0.5, 0.6) is 0 Å². The van der Waals surface area contributed by atoms with Gasteiger partial charge in [-0.25, -0.2) is 4.79 Å². The maximum absolute atomic E-state index is 12.2. The second-order valence-electron chi connectivity index (χ2n) is 6.25. The van der Waals surface area contributed by atoms with E-state index in [4.69, 9.17) is 4.74 Å². The molecule has 128 valence electrons. The number of nitrogens with one attached hydrogen (secondary N) is 1. The van der Waals surface area contributed by atoms with E-state index in [0.29, 0.717) is 16.8 Å². The van der Waals surface area contributed by atoms with Gasteiger partial charge in [-0.15, -0.1) is 0 Å². The van der Waals surface area contributed by atoms with Gasteiger partial charge in [0.05, 0.1) is 0 Å². The molecule has 1 rings (SSSR count). The van der Waals surface area contributed by atoms with Crippen molar-refractivity contribution in [3.8, 4) is 0 Å². The predicted molar refractivity (Wildman–Crippen MR) is 87.7 cm³/mol. The Hall–Kier alpha value is -2.11. The second-order valence-corrected chi connectivity index (χ2v) is 6.25. The topological polar surface area (TPSA) is 79.5 Å². The first kappa shape index (κ1) is 18.9. The van der Waals surface area contributed by atoms with Crippen molar-refractivity contribution in [2.24, 2.45) is 0 Å². The van der Waals surface area contributed by atoms with Crippen molar-refractivity contribution in [3.05, 3.63) is 22.5 Å². The standard InChI is InChI=1S/C17H26N2O4/c1-9(2)19(10(3)4)14(21)8-23-17(22)16-11(5)15(13(7)20)12(6)18-16/h9-10,18H,8H2,1-7H3. The molecule has 0 saturated carbocycles. The molecule has 0 aliphatic carbocycles. The lowest BCUT2D eigenvalue weighted by atomic mass is 10.1. The number of Topliss-reactive ketones (excluding diaryl/α,β-unsaturated/α-hetero) is 1. The van der Waals surface area contributed by atoms with Crippen LogP contribution in [0.25, 0.3) is 0 Å². The van der Waals surface area contributed by atoms with Gasteiger partial charge in [0.25, 0.3) is 5.91 Å². The Morgan fingerprint density at radius 1 is 1.09 bits per heavy atom. The van der Waals surface area contributed by atoms with Gasteiger partial charge in [-0.05, 0) is 54.0 Å². The largest absolute Gasteiger partial charge is 0.451 e. The van der Waals surface area contributed by atoms with Crippen molar-refractivity contribution in [2.75, 3.05) is 6.61 Å². The number of ether oxygens (including phenoxy) is 1. The summed E-state index contributed by atoms with van der Waals surface area (Å²) >= 11 is 0. The van der Waals surface area contributed by atoms with Gasteiger partial charge < -0.3 is 14.6 Å². The number of rotatable bonds is 6. The van der Waals surface area contributed by atoms with E-state index < -0.39 is 5.97 Å². The van der Waals surface area contributed by atoms with Gasteiger partial charge in [-0.3, -0.25) is 9.59 Å². The molecule has 0 unspecified atom stereocenters. The summed E-state index contributed by atoms with van der Waals surface area (Å²) in [5.74, 6) is -0.979. The van der Waals surface area contributed by atoms with Crippen LogP contribution in [0.1, 0.15) is 66.7 Å².